The van der Waals surface area contributed by atoms with Crippen LogP contribution in [-0.2, 0) is 4.79 Å². The van der Waals surface area contributed by atoms with Crippen LogP contribution >= 0.6 is 12.2 Å². The van der Waals surface area contributed by atoms with E-state index in [1.807, 2.05) is 38.1 Å². The Hall–Kier alpha value is -1.95. The van der Waals surface area contributed by atoms with E-state index in [1.165, 1.54) is 0 Å². The van der Waals surface area contributed by atoms with Crippen molar-refractivity contribution in [2.24, 2.45) is 0 Å². The number of nitrogens with zero attached hydrogens (tertiary/aromatic N) is 1. The minimum Gasteiger partial charge on any atom is -0.439 e. The number of thiocarbonyl (C=S) groups is 1. The molecule has 1 atom stereocenters. The smallest absolute Gasteiger partial charge is 0.239 e. The molecule has 5 nitrogen and oxygen atoms in total. The Morgan fingerprint density at radius 1 is 1.30 bits per heavy atom. The standard InChI is InChI=1S/C14H17N3O2S/c1-3-15-12(18)11(14(20)16-4-2)13-17-9-7-5-6-8-10(9)19-13/h5-8,11H,3-4H2,1-2H3,(H,15,18)(H,16,20). The molecule has 0 bridgehead atoms. The number of oxazole rings is 1. The predicted octanol–water partition coefficient (Wildman–Crippen LogP) is 1.98. The van der Waals surface area contributed by atoms with Crippen molar-refractivity contribution in [1.29, 1.82) is 0 Å². The Labute approximate surface area is 122 Å². The molecule has 1 aromatic heterocycles. The molecule has 0 fully saturated rings. The quantitative estimate of drug-likeness (QED) is 0.825. The van der Waals surface area contributed by atoms with Gasteiger partial charge in [0, 0.05) is 13.1 Å². The van der Waals surface area contributed by atoms with Crippen LogP contribution in [0.25, 0.3) is 11.1 Å². The zero-order chi connectivity index (χ0) is 14.5. The summed E-state index contributed by atoms with van der Waals surface area (Å²) in [5, 5.41) is 5.76. The minimum absolute atomic E-state index is 0.204. The molecule has 2 N–H and O–H groups in total. The van der Waals surface area contributed by atoms with Gasteiger partial charge in [0.1, 0.15) is 5.52 Å². The Morgan fingerprint density at radius 3 is 2.65 bits per heavy atom. The fourth-order valence-corrected chi connectivity index (χ4v) is 2.26. The number of hydrogen-bond acceptors (Lipinski definition) is 4. The van der Waals surface area contributed by atoms with Gasteiger partial charge in [0.05, 0.1) is 4.99 Å². The molecule has 0 radical (unpaired) electrons. The van der Waals surface area contributed by atoms with Gasteiger partial charge in [-0.25, -0.2) is 4.98 Å². The second kappa shape index (κ2) is 6.47. The number of amides is 1. The summed E-state index contributed by atoms with van der Waals surface area (Å²) in [5.41, 5.74) is 1.37. The van der Waals surface area contributed by atoms with Crippen LogP contribution in [0.5, 0.6) is 0 Å². The van der Waals surface area contributed by atoms with Crippen molar-refractivity contribution in [3.05, 3.63) is 30.2 Å². The van der Waals surface area contributed by atoms with E-state index in [-0.39, 0.29) is 5.91 Å². The van der Waals surface area contributed by atoms with Gasteiger partial charge in [-0.15, -0.1) is 0 Å². The van der Waals surface area contributed by atoms with Crippen molar-refractivity contribution in [2.45, 2.75) is 19.8 Å². The number of likely N-dealkylation sites (N-methyl/N-ethyl adjacent to an activating group) is 2. The van der Waals surface area contributed by atoms with Crippen molar-refractivity contribution < 1.29 is 9.21 Å². The van der Waals surface area contributed by atoms with Crippen LogP contribution in [0.4, 0.5) is 0 Å². The van der Waals surface area contributed by atoms with Gasteiger partial charge < -0.3 is 15.1 Å². The molecule has 0 saturated carbocycles. The first-order valence-electron chi connectivity index (χ1n) is 6.58. The Balaban J connectivity index is 2.38. The number of para-hydroxylation sites is 2. The van der Waals surface area contributed by atoms with Gasteiger partial charge in [0.2, 0.25) is 11.8 Å². The molecule has 1 amide bonds. The first-order chi connectivity index (χ1) is 9.67. The maximum Gasteiger partial charge on any atom is 0.239 e. The third kappa shape index (κ3) is 2.96. The second-order valence-electron chi connectivity index (χ2n) is 4.24. The monoisotopic (exact) mass is 291 g/mol. The lowest BCUT2D eigenvalue weighted by atomic mass is 10.1. The number of aromatic nitrogens is 1. The van der Waals surface area contributed by atoms with Gasteiger partial charge in [-0.2, -0.15) is 0 Å². The van der Waals surface area contributed by atoms with E-state index in [9.17, 15) is 4.79 Å². The van der Waals surface area contributed by atoms with Crippen LogP contribution in [0, 0.1) is 0 Å². The molecule has 0 spiro atoms. The molecular formula is C14H17N3O2S. The Bertz CT molecular complexity index is 573. The molecule has 0 aliphatic heterocycles. The summed E-state index contributed by atoms with van der Waals surface area (Å²) in [4.78, 5) is 17.0. The van der Waals surface area contributed by atoms with E-state index < -0.39 is 5.92 Å². The lowest BCUT2D eigenvalue weighted by Gasteiger charge is -2.14. The number of fused-ring (bicyclic) bond motifs is 1. The summed E-state index contributed by atoms with van der Waals surface area (Å²) < 4.78 is 5.67. The first-order valence-corrected chi connectivity index (χ1v) is 6.99. The van der Waals surface area contributed by atoms with Crippen LogP contribution in [0.3, 0.4) is 0 Å². The van der Waals surface area contributed by atoms with Gasteiger partial charge in [-0.3, -0.25) is 4.79 Å². The topological polar surface area (TPSA) is 67.2 Å². The lowest BCUT2D eigenvalue weighted by Crippen LogP contribution is -2.38. The number of hydrogen-bond donors (Lipinski definition) is 2. The van der Waals surface area contributed by atoms with Crippen molar-refractivity contribution in [2.75, 3.05) is 13.1 Å². The highest BCUT2D eigenvalue weighted by Crippen LogP contribution is 2.22. The summed E-state index contributed by atoms with van der Waals surface area (Å²) in [6.45, 7) is 4.96. The molecule has 1 unspecified atom stereocenters. The van der Waals surface area contributed by atoms with Crippen LogP contribution in [0.2, 0.25) is 0 Å². The predicted molar refractivity (Wildman–Crippen MR) is 81.7 cm³/mol. The average molecular weight is 291 g/mol. The molecule has 2 rings (SSSR count). The van der Waals surface area contributed by atoms with Crippen LogP contribution in [0.1, 0.15) is 25.7 Å². The van der Waals surface area contributed by atoms with Crippen LogP contribution in [-0.4, -0.2) is 29.0 Å². The molecule has 1 aromatic carbocycles. The van der Waals surface area contributed by atoms with E-state index in [4.69, 9.17) is 16.6 Å². The number of nitrogens with one attached hydrogen (secondary N) is 2. The van der Waals surface area contributed by atoms with E-state index in [2.05, 4.69) is 15.6 Å². The van der Waals surface area contributed by atoms with Crippen molar-refractivity contribution in [3.63, 3.8) is 0 Å². The molecule has 0 saturated heterocycles. The van der Waals surface area contributed by atoms with Gasteiger partial charge in [-0.05, 0) is 26.0 Å². The lowest BCUT2D eigenvalue weighted by molar-refractivity contribution is -0.121. The van der Waals surface area contributed by atoms with E-state index in [0.717, 1.165) is 5.52 Å². The Morgan fingerprint density at radius 2 is 2.00 bits per heavy atom. The van der Waals surface area contributed by atoms with Crippen molar-refractivity contribution in [1.82, 2.24) is 15.6 Å². The van der Waals surface area contributed by atoms with E-state index in [1.54, 1.807) is 0 Å². The summed E-state index contributed by atoms with van der Waals surface area (Å²) in [6, 6.07) is 7.39. The van der Waals surface area contributed by atoms with Gasteiger partial charge in [0.25, 0.3) is 0 Å². The fraction of sp³-hybridized carbons (Fsp3) is 0.357. The van der Waals surface area contributed by atoms with Gasteiger partial charge in [-0.1, -0.05) is 24.4 Å². The number of carbonyl (C=O) groups is 1. The number of rotatable bonds is 5. The maximum absolute atomic E-state index is 12.2. The van der Waals surface area contributed by atoms with Crippen molar-refractivity contribution >= 4 is 34.2 Å². The molecule has 0 aliphatic carbocycles. The van der Waals surface area contributed by atoms with E-state index >= 15 is 0 Å². The Kier molecular flexibility index (Phi) is 4.68. The zero-order valence-electron chi connectivity index (χ0n) is 11.5. The van der Waals surface area contributed by atoms with Crippen LogP contribution in [0.15, 0.2) is 28.7 Å². The van der Waals surface area contributed by atoms with Crippen LogP contribution < -0.4 is 10.6 Å². The van der Waals surface area contributed by atoms with Gasteiger partial charge in [0.15, 0.2) is 11.5 Å². The number of carbonyl (C=O) groups excluding carboxylic acids is 1. The third-order valence-corrected chi connectivity index (χ3v) is 3.16. The first kappa shape index (κ1) is 14.5. The molecule has 106 valence electrons. The van der Waals surface area contributed by atoms with E-state index in [0.29, 0.717) is 29.6 Å². The fourth-order valence-electron chi connectivity index (χ4n) is 1.91. The molecule has 2 aromatic rings. The van der Waals surface area contributed by atoms with Crippen molar-refractivity contribution in [3.8, 4) is 0 Å². The third-order valence-electron chi connectivity index (χ3n) is 2.78. The molecular weight excluding hydrogens is 274 g/mol. The second-order valence-corrected chi connectivity index (χ2v) is 4.68. The molecule has 6 heteroatoms. The highest BCUT2D eigenvalue weighted by atomic mass is 32.1. The minimum atomic E-state index is -0.697. The molecule has 20 heavy (non-hydrogen) atoms. The summed E-state index contributed by atoms with van der Waals surface area (Å²) in [6.07, 6.45) is 0. The number of benzene rings is 1. The SMILES string of the molecule is CCNC(=O)C(C(=S)NCC)c1nc2ccccc2o1. The average Bonchev–Trinajstić information content (AvgIpc) is 2.82. The summed E-state index contributed by atoms with van der Waals surface area (Å²) >= 11 is 5.28. The summed E-state index contributed by atoms with van der Waals surface area (Å²) in [5.74, 6) is -0.578. The molecule has 1 heterocycles. The zero-order valence-corrected chi connectivity index (χ0v) is 12.3. The maximum atomic E-state index is 12.2. The summed E-state index contributed by atoms with van der Waals surface area (Å²) in [7, 11) is 0. The van der Waals surface area contributed by atoms with Gasteiger partial charge >= 0.3 is 0 Å². The molecule has 0 aliphatic rings. The normalized spacial score (nSPS) is 12.1. The largest absolute Gasteiger partial charge is 0.439 e. The highest BCUT2D eigenvalue weighted by Gasteiger charge is 2.29. The highest BCUT2D eigenvalue weighted by molar-refractivity contribution is 7.80.